The Morgan fingerprint density at radius 2 is 1.33 bits per heavy atom. The van der Waals surface area contributed by atoms with Crippen LogP contribution < -0.4 is 32.7 Å². The van der Waals surface area contributed by atoms with Crippen molar-refractivity contribution < 1.29 is 28.8 Å². The number of nitrogens with zero attached hydrogens (tertiary/aromatic N) is 1. The van der Waals surface area contributed by atoms with Gasteiger partial charge in [0, 0.05) is 19.5 Å². The number of hydrogen-bond acceptors (Lipinski definition) is 8. The van der Waals surface area contributed by atoms with Crippen molar-refractivity contribution in [2.24, 2.45) is 17.4 Å². The molecule has 2 aromatic carbocycles. The third-order valence-corrected chi connectivity index (χ3v) is 9.61. The topological polar surface area (TPSA) is 206 Å². The maximum Gasteiger partial charge on any atom is 0.245 e. The summed E-state index contributed by atoms with van der Waals surface area (Å²) in [5.74, 6) is -2.29. The van der Waals surface area contributed by atoms with Crippen molar-refractivity contribution in [3.8, 4) is 0 Å². The number of hydrogen-bond donors (Lipinski definition) is 6. The number of Topliss-reactive ketones (excluding diaryl/α,β-unsaturated/α-hetero) is 1. The molecule has 0 aliphatic carbocycles. The molecular formula is C38H53N7O6. The molecule has 5 amide bonds. The Balaban J connectivity index is 1.47. The smallest absolute Gasteiger partial charge is 0.245 e. The molecule has 2 aliphatic rings. The third kappa shape index (κ3) is 11.2. The molecule has 0 bridgehead atoms. The summed E-state index contributed by atoms with van der Waals surface area (Å²) in [6.07, 6.45) is 2.80. The van der Waals surface area contributed by atoms with E-state index in [2.05, 4.69) is 21.3 Å². The van der Waals surface area contributed by atoms with E-state index in [1.165, 1.54) is 0 Å². The number of carbonyl (C=O) groups is 6. The highest BCUT2D eigenvalue weighted by Crippen LogP contribution is 2.29. The number of ketones is 1. The summed E-state index contributed by atoms with van der Waals surface area (Å²) in [7, 11) is 0. The molecule has 13 nitrogen and oxygen atoms in total. The minimum absolute atomic E-state index is 0.00587. The molecule has 0 aromatic heterocycles. The first-order valence-corrected chi connectivity index (χ1v) is 18.0. The molecule has 0 radical (unpaired) electrons. The van der Waals surface area contributed by atoms with Crippen LogP contribution in [0.4, 0.5) is 0 Å². The molecule has 4 atom stereocenters. The van der Waals surface area contributed by atoms with Gasteiger partial charge in [-0.1, -0.05) is 74.5 Å². The lowest BCUT2D eigenvalue weighted by Gasteiger charge is -2.39. The van der Waals surface area contributed by atoms with Crippen molar-refractivity contribution in [1.29, 1.82) is 0 Å². The lowest BCUT2D eigenvalue weighted by Crippen LogP contribution is -2.60. The minimum atomic E-state index is -1.02. The van der Waals surface area contributed by atoms with E-state index < -0.39 is 47.4 Å². The minimum Gasteiger partial charge on any atom is -0.343 e. The van der Waals surface area contributed by atoms with Crippen molar-refractivity contribution >= 4 is 35.3 Å². The Morgan fingerprint density at radius 3 is 1.88 bits per heavy atom. The molecule has 276 valence electrons. The van der Waals surface area contributed by atoms with E-state index >= 15 is 0 Å². The molecule has 2 heterocycles. The van der Waals surface area contributed by atoms with Crippen LogP contribution in [-0.4, -0.2) is 89.6 Å². The number of nitrogens with two attached hydrogens (primary N) is 2. The standard InChI is InChI=1S/C38H53N7O6/c1-25(2)21-30(35(49)41-29(15-9-10-18-39)37(51)45-19-16-38(17-20-45)32(46)24-33(47)44-38)43-36(50)31(23-27-13-7-4-8-14-27)42-34(48)28(40)22-26-11-5-3-6-12-26/h3-8,11-14,25,28-31H,9-10,15-24,39-40H2,1-2H3,(H,41,49)(H,42,48)(H,43,50)(H,44,47)/t28-,29-,30-,31-/m1/s1. The number of unbranched alkanes of at least 4 members (excludes halogenated alkanes) is 1. The second-order valence-corrected chi connectivity index (χ2v) is 14.1. The Hall–Kier alpha value is -4.62. The summed E-state index contributed by atoms with van der Waals surface area (Å²) in [4.78, 5) is 81.0. The maximum atomic E-state index is 13.9. The molecule has 51 heavy (non-hydrogen) atoms. The van der Waals surface area contributed by atoms with Crippen LogP contribution in [0.2, 0.25) is 0 Å². The fraction of sp³-hybridized carbons (Fsp3) is 0.526. The van der Waals surface area contributed by atoms with Crippen LogP contribution in [0, 0.1) is 5.92 Å². The van der Waals surface area contributed by atoms with Crippen LogP contribution >= 0.6 is 0 Å². The van der Waals surface area contributed by atoms with Crippen LogP contribution in [0.1, 0.15) is 69.9 Å². The summed E-state index contributed by atoms with van der Waals surface area (Å²) in [6, 6.07) is 14.8. The van der Waals surface area contributed by atoms with Crippen molar-refractivity contribution in [2.75, 3.05) is 19.6 Å². The van der Waals surface area contributed by atoms with E-state index in [0.29, 0.717) is 38.6 Å². The van der Waals surface area contributed by atoms with E-state index in [4.69, 9.17) is 11.5 Å². The van der Waals surface area contributed by atoms with Crippen LogP contribution in [0.25, 0.3) is 0 Å². The zero-order valence-electron chi connectivity index (χ0n) is 29.7. The van der Waals surface area contributed by atoms with Crippen LogP contribution in [0.15, 0.2) is 60.7 Å². The molecule has 4 rings (SSSR count). The van der Waals surface area contributed by atoms with Gasteiger partial charge in [0.15, 0.2) is 5.78 Å². The van der Waals surface area contributed by atoms with Crippen molar-refractivity contribution in [3.05, 3.63) is 71.8 Å². The first-order chi connectivity index (χ1) is 24.4. The van der Waals surface area contributed by atoms with E-state index in [1.54, 1.807) is 4.90 Å². The van der Waals surface area contributed by atoms with Gasteiger partial charge in [-0.05, 0) is 68.5 Å². The molecule has 1 spiro atoms. The zero-order valence-corrected chi connectivity index (χ0v) is 29.7. The predicted molar refractivity (Wildman–Crippen MR) is 193 cm³/mol. The first-order valence-electron chi connectivity index (χ1n) is 18.0. The molecular weight excluding hydrogens is 650 g/mol. The number of likely N-dealkylation sites (tertiary alicyclic amines) is 1. The molecule has 2 fully saturated rings. The van der Waals surface area contributed by atoms with Gasteiger partial charge in [-0.25, -0.2) is 0 Å². The van der Waals surface area contributed by atoms with Crippen LogP contribution in [-0.2, 0) is 41.6 Å². The van der Waals surface area contributed by atoms with Gasteiger partial charge in [0.2, 0.25) is 29.5 Å². The number of rotatable bonds is 17. The van der Waals surface area contributed by atoms with Gasteiger partial charge in [-0.3, -0.25) is 28.8 Å². The summed E-state index contributed by atoms with van der Waals surface area (Å²) in [5, 5.41) is 11.4. The lowest BCUT2D eigenvalue weighted by atomic mass is 9.85. The van der Waals surface area contributed by atoms with E-state index in [0.717, 1.165) is 11.1 Å². The van der Waals surface area contributed by atoms with Crippen molar-refractivity contribution in [3.63, 3.8) is 0 Å². The lowest BCUT2D eigenvalue weighted by molar-refractivity contribution is -0.140. The quantitative estimate of drug-likeness (QED) is 0.103. The largest absolute Gasteiger partial charge is 0.343 e. The van der Waals surface area contributed by atoms with Gasteiger partial charge in [0.25, 0.3) is 0 Å². The highest BCUT2D eigenvalue weighted by atomic mass is 16.2. The maximum absolute atomic E-state index is 13.9. The van der Waals surface area contributed by atoms with Gasteiger partial charge in [0.1, 0.15) is 23.7 Å². The zero-order chi connectivity index (χ0) is 37.0. The summed E-state index contributed by atoms with van der Waals surface area (Å²) >= 11 is 0. The second kappa shape index (κ2) is 18.6. The van der Waals surface area contributed by atoms with E-state index in [-0.39, 0.29) is 62.3 Å². The second-order valence-electron chi connectivity index (χ2n) is 14.1. The Bertz CT molecular complexity index is 1510. The molecule has 2 saturated heterocycles. The Labute approximate surface area is 300 Å². The molecule has 0 saturated carbocycles. The molecule has 2 aliphatic heterocycles. The van der Waals surface area contributed by atoms with Crippen LogP contribution in [0.3, 0.4) is 0 Å². The van der Waals surface area contributed by atoms with Gasteiger partial charge < -0.3 is 37.6 Å². The van der Waals surface area contributed by atoms with Gasteiger partial charge in [0.05, 0.1) is 12.5 Å². The average molecular weight is 704 g/mol. The van der Waals surface area contributed by atoms with Crippen molar-refractivity contribution in [2.45, 2.75) is 101 Å². The fourth-order valence-electron chi connectivity index (χ4n) is 6.73. The third-order valence-electron chi connectivity index (χ3n) is 9.61. The highest BCUT2D eigenvalue weighted by Gasteiger charge is 2.48. The predicted octanol–water partition coefficient (Wildman–Crippen LogP) is 0.879. The number of nitrogens with one attached hydrogen (secondary N) is 4. The van der Waals surface area contributed by atoms with Crippen LogP contribution in [0.5, 0.6) is 0 Å². The number of amides is 5. The van der Waals surface area contributed by atoms with E-state index in [9.17, 15) is 28.8 Å². The Morgan fingerprint density at radius 1 is 0.784 bits per heavy atom. The number of piperidine rings is 1. The molecule has 8 N–H and O–H groups in total. The number of carbonyl (C=O) groups excluding carboxylic acids is 6. The number of benzene rings is 2. The summed E-state index contributed by atoms with van der Waals surface area (Å²) in [5.41, 5.74) is 12.7. The fourth-order valence-corrected chi connectivity index (χ4v) is 6.73. The first kappa shape index (κ1) is 39.2. The monoisotopic (exact) mass is 703 g/mol. The average Bonchev–Trinajstić information content (AvgIpc) is 3.38. The molecule has 0 unspecified atom stereocenters. The van der Waals surface area contributed by atoms with Gasteiger partial charge in [-0.2, -0.15) is 0 Å². The summed E-state index contributed by atoms with van der Waals surface area (Å²) < 4.78 is 0. The van der Waals surface area contributed by atoms with Crippen molar-refractivity contribution in [1.82, 2.24) is 26.2 Å². The normalized spacial score (nSPS) is 17.7. The van der Waals surface area contributed by atoms with E-state index in [1.807, 2.05) is 74.5 Å². The van der Waals surface area contributed by atoms with Gasteiger partial charge >= 0.3 is 0 Å². The highest BCUT2D eigenvalue weighted by molar-refractivity contribution is 6.10. The molecule has 13 heteroatoms. The molecule has 2 aromatic rings. The summed E-state index contributed by atoms with van der Waals surface area (Å²) in [6.45, 7) is 4.79. The Kier molecular flexibility index (Phi) is 14.3. The van der Waals surface area contributed by atoms with Gasteiger partial charge in [-0.15, -0.1) is 0 Å². The SMILES string of the molecule is CC(C)C[C@@H](NC(=O)[C@@H](Cc1ccccc1)NC(=O)[C@H](N)Cc1ccccc1)C(=O)N[C@H](CCCCN)C(=O)N1CCC2(CC1)NC(=O)CC2=O.